The number of carbonyl (C=O) groups is 1. The number of aromatic amines is 1. The van der Waals surface area contributed by atoms with E-state index >= 15 is 0 Å². The van der Waals surface area contributed by atoms with Crippen molar-refractivity contribution in [3.8, 4) is 11.3 Å². The Labute approximate surface area is 153 Å². The maximum atomic E-state index is 13.0. The zero-order chi connectivity index (χ0) is 16.8. The molecule has 0 spiro atoms. The van der Waals surface area contributed by atoms with Crippen LogP contribution >= 0.6 is 12.4 Å². The van der Waals surface area contributed by atoms with Crippen LogP contribution < -0.4 is 5.32 Å². The first-order valence-electron chi connectivity index (χ1n) is 8.65. The Kier molecular flexibility index (Phi) is 4.88. The summed E-state index contributed by atoms with van der Waals surface area (Å²) in [5, 5.41) is 15.2. The minimum Gasteiger partial charge on any atom is -0.330 e. The first-order valence-corrected chi connectivity index (χ1v) is 8.65. The normalized spacial score (nSPS) is 22.6. The Morgan fingerprint density at radius 2 is 2.00 bits per heavy atom. The van der Waals surface area contributed by atoms with Crippen LogP contribution in [0.3, 0.4) is 0 Å². The number of H-pyrrole nitrogens is 1. The van der Waals surface area contributed by atoms with E-state index in [9.17, 15) is 4.79 Å². The molecular weight excluding hydrogens is 340 g/mol. The molecule has 25 heavy (non-hydrogen) atoms. The summed E-state index contributed by atoms with van der Waals surface area (Å²) in [6.07, 6.45) is 3.23. The van der Waals surface area contributed by atoms with Gasteiger partial charge in [-0.15, -0.1) is 12.4 Å². The van der Waals surface area contributed by atoms with Gasteiger partial charge in [-0.3, -0.25) is 14.6 Å². The van der Waals surface area contributed by atoms with Crippen LogP contribution in [0, 0.1) is 13.8 Å². The summed E-state index contributed by atoms with van der Waals surface area (Å²) in [4.78, 5) is 15.1. The highest BCUT2D eigenvalue weighted by Crippen LogP contribution is 2.30. The zero-order valence-electron chi connectivity index (χ0n) is 14.9. The third-order valence-corrected chi connectivity index (χ3v) is 5.46. The van der Waals surface area contributed by atoms with Crippen LogP contribution in [0.1, 0.15) is 41.1 Å². The molecule has 0 saturated carbocycles. The number of aromatic nitrogens is 4. The van der Waals surface area contributed by atoms with Crippen LogP contribution in [0.25, 0.3) is 11.3 Å². The molecule has 2 aromatic rings. The van der Waals surface area contributed by atoms with Gasteiger partial charge < -0.3 is 10.2 Å². The van der Waals surface area contributed by atoms with Crippen molar-refractivity contribution in [1.29, 1.82) is 0 Å². The molecule has 7 nitrogen and oxygen atoms in total. The molecule has 2 aromatic heterocycles. The van der Waals surface area contributed by atoms with Gasteiger partial charge in [0.05, 0.1) is 11.4 Å². The van der Waals surface area contributed by atoms with E-state index in [-0.39, 0.29) is 18.3 Å². The van der Waals surface area contributed by atoms with Gasteiger partial charge in [-0.05, 0) is 45.7 Å². The topological polar surface area (TPSA) is 78.8 Å². The van der Waals surface area contributed by atoms with Crippen molar-refractivity contribution in [1.82, 2.24) is 30.2 Å². The molecule has 0 aromatic carbocycles. The second-order valence-electron chi connectivity index (χ2n) is 6.93. The quantitative estimate of drug-likeness (QED) is 0.851. The molecule has 4 heterocycles. The maximum Gasteiger partial charge on any atom is 0.272 e. The van der Waals surface area contributed by atoms with Crippen LogP contribution in [0.4, 0.5) is 0 Å². The molecule has 2 saturated heterocycles. The monoisotopic (exact) mass is 364 g/mol. The predicted molar refractivity (Wildman–Crippen MR) is 98.0 cm³/mol. The minimum absolute atomic E-state index is 0. The summed E-state index contributed by atoms with van der Waals surface area (Å²) in [5.74, 6) is 0.0733. The number of aryl methyl sites for hydroxylation is 2. The fourth-order valence-electron chi connectivity index (χ4n) is 4.16. The van der Waals surface area contributed by atoms with Gasteiger partial charge in [0, 0.05) is 36.9 Å². The van der Waals surface area contributed by atoms with Crippen molar-refractivity contribution in [2.75, 3.05) is 13.1 Å². The predicted octanol–water partition coefficient (Wildman–Crippen LogP) is 1.82. The lowest BCUT2D eigenvalue weighted by Gasteiger charge is -2.27. The molecule has 4 rings (SSSR count). The number of amides is 1. The smallest absolute Gasteiger partial charge is 0.272 e. The lowest BCUT2D eigenvalue weighted by atomic mass is 10.1. The molecule has 1 amide bonds. The van der Waals surface area contributed by atoms with Gasteiger partial charge in [0.15, 0.2) is 0 Å². The molecule has 136 valence electrons. The van der Waals surface area contributed by atoms with Gasteiger partial charge in [-0.1, -0.05) is 0 Å². The van der Waals surface area contributed by atoms with E-state index in [1.54, 1.807) is 0 Å². The van der Waals surface area contributed by atoms with Crippen LogP contribution in [0.2, 0.25) is 0 Å². The maximum absolute atomic E-state index is 13.0. The summed E-state index contributed by atoms with van der Waals surface area (Å²) in [7, 11) is 1.92. The molecule has 0 radical (unpaired) electrons. The van der Waals surface area contributed by atoms with E-state index in [1.165, 1.54) is 0 Å². The van der Waals surface area contributed by atoms with Gasteiger partial charge in [-0.2, -0.15) is 10.2 Å². The first-order chi connectivity index (χ1) is 11.6. The number of hydrogen-bond donors (Lipinski definition) is 2. The third kappa shape index (κ3) is 2.95. The van der Waals surface area contributed by atoms with Crippen LogP contribution in [-0.2, 0) is 7.05 Å². The molecule has 2 atom stereocenters. The summed E-state index contributed by atoms with van der Waals surface area (Å²) in [5.41, 5.74) is 4.36. The molecule has 8 heteroatoms. The molecule has 0 aliphatic carbocycles. The number of nitrogens with one attached hydrogen (secondary N) is 2. The molecule has 2 aliphatic rings. The average Bonchev–Trinajstić information content (AvgIpc) is 3.16. The lowest BCUT2D eigenvalue weighted by molar-refractivity contribution is 0.0674. The SMILES string of the molecule is Cc1nn(C)c(C)c1-c1cc(C(=O)N2C3CCNCC2CC3)[nH]n1.Cl. The van der Waals surface area contributed by atoms with Gasteiger partial charge in [0.25, 0.3) is 5.91 Å². The molecule has 2 fully saturated rings. The van der Waals surface area contributed by atoms with Crippen molar-refractivity contribution < 1.29 is 4.79 Å². The molecule has 2 N–H and O–H groups in total. The Bertz CT molecular complexity index is 768. The van der Waals surface area contributed by atoms with E-state index in [1.807, 2.05) is 31.6 Å². The average molecular weight is 365 g/mol. The number of hydrogen-bond acceptors (Lipinski definition) is 4. The largest absolute Gasteiger partial charge is 0.330 e. The summed E-state index contributed by atoms with van der Waals surface area (Å²) >= 11 is 0. The lowest BCUT2D eigenvalue weighted by Crippen LogP contribution is -2.42. The standard InChI is InChI=1S/C17H24N6O.ClH/c1-10-16(11(2)22(3)21-10)14-8-15(20-19-14)17(24)23-12-4-5-13(23)9-18-7-6-12;/h8,12-13,18H,4-7,9H2,1-3H3,(H,19,20);1H. The second-order valence-corrected chi connectivity index (χ2v) is 6.93. The number of rotatable bonds is 2. The number of halogens is 1. The second kappa shape index (κ2) is 6.80. The van der Waals surface area contributed by atoms with Crippen molar-refractivity contribution in [3.05, 3.63) is 23.1 Å². The Morgan fingerprint density at radius 3 is 2.72 bits per heavy atom. The van der Waals surface area contributed by atoms with Crippen molar-refractivity contribution >= 4 is 18.3 Å². The summed E-state index contributed by atoms with van der Waals surface area (Å²) in [6.45, 7) is 5.88. The van der Waals surface area contributed by atoms with Gasteiger partial charge in [-0.25, -0.2) is 0 Å². The Morgan fingerprint density at radius 1 is 1.24 bits per heavy atom. The van der Waals surface area contributed by atoms with E-state index in [2.05, 4.69) is 25.5 Å². The van der Waals surface area contributed by atoms with Crippen LogP contribution in [0.5, 0.6) is 0 Å². The zero-order valence-corrected chi connectivity index (χ0v) is 15.7. The van der Waals surface area contributed by atoms with Crippen LogP contribution in [0.15, 0.2) is 6.07 Å². The highest BCUT2D eigenvalue weighted by atomic mass is 35.5. The molecule has 2 unspecified atom stereocenters. The van der Waals surface area contributed by atoms with Crippen molar-refractivity contribution in [2.45, 2.75) is 45.2 Å². The van der Waals surface area contributed by atoms with E-state index < -0.39 is 0 Å². The van der Waals surface area contributed by atoms with E-state index in [0.717, 1.165) is 55.0 Å². The van der Waals surface area contributed by atoms with Gasteiger partial charge in [0.1, 0.15) is 5.69 Å². The minimum atomic E-state index is 0. The van der Waals surface area contributed by atoms with Gasteiger partial charge in [0.2, 0.25) is 0 Å². The molecule has 2 bridgehead atoms. The summed E-state index contributed by atoms with van der Waals surface area (Å²) < 4.78 is 1.85. The Hall–Kier alpha value is -1.86. The Balaban J connectivity index is 0.00000182. The van der Waals surface area contributed by atoms with Crippen LogP contribution in [-0.4, -0.2) is 56.0 Å². The van der Waals surface area contributed by atoms with Crippen molar-refractivity contribution in [3.63, 3.8) is 0 Å². The number of carbonyl (C=O) groups excluding carboxylic acids is 1. The summed E-state index contributed by atoms with van der Waals surface area (Å²) in [6, 6.07) is 2.53. The molecular formula is C17H25ClN6O. The fourth-order valence-corrected chi connectivity index (χ4v) is 4.16. The fraction of sp³-hybridized carbons (Fsp3) is 0.588. The first kappa shape index (κ1) is 17.9. The highest BCUT2D eigenvalue weighted by molar-refractivity contribution is 5.94. The van der Waals surface area contributed by atoms with Crippen molar-refractivity contribution in [2.24, 2.45) is 7.05 Å². The number of nitrogens with zero attached hydrogens (tertiary/aromatic N) is 4. The number of fused-ring (bicyclic) bond motifs is 2. The van der Waals surface area contributed by atoms with E-state index in [4.69, 9.17) is 0 Å². The van der Waals surface area contributed by atoms with E-state index in [0.29, 0.717) is 17.8 Å². The van der Waals surface area contributed by atoms with Gasteiger partial charge >= 0.3 is 0 Å². The highest BCUT2D eigenvalue weighted by Gasteiger charge is 2.39. The third-order valence-electron chi connectivity index (χ3n) is 5.46. The molecule has 2 aliphatic heterocycles.